The molecule has 1 amide bonds. The minimum Gasteiger partial charge on any atom is -0.355 e. The predicted molar refractivity (Wildman–Crippen MR) is 92.2 cm³/mol. The summed E-state index contributed by atoms with van der Waals surface area (Å²) in [6.45, 7) is 8.21. The lowest BCUT2D eigenvalue weighted by atomic mass is 10.3. The fourth-order valence-electron chi connectivity index (χ4n) is 2.25. The number of benzene rings is 1. The van der Waals surface area contributed by atoms with E-state index in [0.717, 1.165) is 48.8 Å². The maximum atomic E-state index is 11.8. The second-order valence-electron chi connectivity index (χ2n) is 5.08. The van der Waals surface area contributed by atoms with Crippen LogP contribution in [0.3, 0.4) is 0 Å². The number of nitrogens with zero attached hydrogens (tertiary/aromatic N) is 2. The van der Waals surface area contributed by atoms with Crippen molar-refractivity contribution in [3.8, 4) is 0 Å². The zero-order chi connectivity index (χ0) is 15.8. The largest absolute Gasteiger partial charge is 0.355 e. The lowest BCUT2D eigenvalue weighted by Crippen LogP contribution is -2.30. The molecule has 120 valence electrons. The minimum absolute atomic E-state index is 0.0602. The van der Waals surface area contributed by atoms with Crippen molar-refractivity contribution in [3.05, 3.63) is 24.3 Å². The van der Waals surface area contributed by atoms with Crippen molar-refractivity contribution in [3.63, 3.8) is 0 Å². The van der Waals surface area contributed by atoms with Gasteiger partial charge in [0.15, 0.2) is 5.16 Å². The van der Waals surface area contributed by atoms with Gasteiger partial charge in [-0.15, -0.1) is 0 Å². The second kappa shape index (κ2) is 8.80. The van der Waals surface area contributed by atoms with Crippen LogP contribution >= 0.6 is 11.8 Å². The molecule has 1 aromatic carbocycles. The Kier molecular flexibility index (Phi) is 6.74. The van der Waals surface area contributed by atoms with Crippen molar-refractivity contribution in [1.82, 2.24) is 20.2 Å². The zero-order valence-electron chi connectivity index (χ0n) is 13.3. The third-order valence-corrected chi connectivity index (χ3v) is 4.45. The second-order valence-corrected chi connectivity index (χ2v) is 6.04. The average molecular weight is 320 g/mol. The molecule has 2 rings (SSSR count). The Hall–Kier alpha value is -1.53. The summed E-state index contributed by atoms with van der Waals surface area (Å²) in [5.41, 5.74) is 1.94. The van der Waals surface area contributed by atoms with Crippen molar-refractivity contribution < 1.29 is 4.79 Å². The van der Waals surface area contributed by atoms with E-state index in [4.69, 9.17) is 0 Å². The van der Waals surface area contributed by atoms with E-state index in [1.807, 2.05) is 24.3 Å². The van der Waals surface area contributed by atoms with Crippen LogP contribution in [0.1, 0.15) is 20.3 Å². The highest BCUT2D eigenvalue weighted by molar-refractivity contribution is 7.99. The predicted octanol–water partition coefficient (Wildman–Crippen LogP) is 2.50. The Morgan fingerprint density at radius 1 is 1.32 bits per heavy atom. The Morgan fingerprint density at radius 2 is 2.09 bits per heavy atom. The van der Waals surface area contributed by atoms with Gasteiger partial charge in [-0.25, -0.2) is 4.98 Å². The topological polar surface area (TPSA) is 61.0 Å². The normalized spacial score (nSPS) is 11.2. The number of hydrogen-bond acceptors (Lipinski definition) is 4. The van der Waals surface area contributed by atoms with E-state index < -0.39 is 0 Å². The molecule has 0 radical (unpaired) electrons. The van der Waals surface area contributed by atoms with Gasteiger partial charge in [-0.3, -0.25) is 4.79 Å². The zero-order valence-corrected chi connectivity index (χ0v) is 14.1. The maximum Gasteiger partial charge on any atom is 0.230 e. The number of aromatic amines is 1. The van der Waals surface area contributed by atoms with Crippen molar-refractivity contribution in [2.75, 3.05) is 31.9 Å². The lowest BCUT2D eigenvalue weighted by molar-refractivity contribution is -0.118. The molecule has 2 aromatic rings. The van der Waals surface area contributed by atoms with Gasteiger partial charge in [-0.05, 0) is 38.2 Å². The Balaban J connectivity index is 1.67. The first-order chi connectivity index (χ1) is 10.7. The van der Waals surface area contributed by atoms with Crippen LogP contribution in [0.15, 0.2) is 29.4 Å². The molecular formula is C16H24N4OS. The van der Waals surface area contributed by atoms with Crippen molar-refractivity contribution >= 4 is 28.7 Å². The van der Waals surface area contributed by atoms with Gasteiger partial charge in [0, 0.05) is 6.54 Å². The third-order valence-electron chi connectivity index (χ3n) is 3.58. The van der Waals surface area contributed by atoms with Gasteiger partial charge in [-0.2, -0.15) is 0 Å². The molecule has 0 bridgehead atoms. The van der Waals surface area contributed by atoms with Crippen LogP contribution in [0, 0.1) is 0 Å². The quantitative estimate of drug-likeness (QED) is 0.550. The third kappa shape index (κ3) is 5.03. The van der Waals surface area contributed by atoms with Gasteiger partial charge in [0.2, 0.25) is 5.91 Å². The number of H-pyrrole nitrogens is 1. The summed E-state index contributed by atoms with van der Waals surface area (Å²) in [4.78, 5) is 21.8. The molecule has 6 heteroatoms. The van der Waals surface area contributed by atoms with Crippen molar-refractivity contribution in [2.24, 2.45) is 0 Å². The van der Waals surface area contributed by atoms with Crippen LogP contribution in [-0.4, -0.2) is 52.7 Å². The number of hydrogen-bond donors (Lipinski definition) is 2. The van der Waals surface area contributed by atoms with Gasteiger partial charge in [-0.1, -0.05) is 37.7 Å². The molecule has 1 heterocycles. The first-order valence-corrected chi connectivity index (χ1v) is 8.78. The van der Waals surface area contributed by atoms with Gasteiger partial charge in [0.05, 0.1) is 16.8 Å². The average Bonchev–Trinajstić information content (AvgIpc) is 2.96. The number of rotatable bonds is 9. The highest BCUT2D eigenvalue weighted by Crippen LogP contribution is 2.18. The van der Waals surface area contributed by atoms with E-state index in [1.165, 1.54) is 11.8 Å². The summed E-state index contributed by atoms with van der Waals surface area (Å²) < 4.78 is 0. The van der Waals surface area contributed by atoms with Crippen LogP contribution in [0.5, 0.6) is 0 Å². The van der Waals surface area contributed by atoms with Gasteiger partial charge in [0.25, 0.3) is 0 Å². The highest BCUT2D eigenvalue weighted by atomic mass is 32.2. The number of carbonyl (C=O) groups is 1. The van der Waals surface area contributed by atoms with Gasteiger partial charge in [0.1, 0.15) is 0 Å². The molecule has 0 saturated carbocycles. The molecule has 0 spiro atoms. The first-order valence-electron chi connectivity index (χ1n) is 7.79. The number of carbonyl (C=O) groups excluding carboxylic acids is 1. The molecule has 5 nitrogen and oxygen atoms in total. The van der Waals surface area contributed by atoms with E-state index >= 15 is 0 Å². The standard InChI is InChI=1S/C16H24N4OS/c1-3-20(4-2)11-7-10-17-15(21)12-22-16-18-13-8-5-6-9-14(13)19-16/h5-6,8-9H,3-4,7,10-12H2,1-2H3,(H,17,21)(H,18,19). The van der Waals surface area contributed by atoms with Crippen LogP contribution in [-0.2, 0) is 4.79 Å². The van der Waals surface area contributed by atoms with Crippen LogP contribution in [0.25, 0.3) is 11.0 Å². The molecule has 0 atom stereocenters. The summed E-state index contributed by atoms with van der Waals surface area (Å²) in [6.07, 6.45) is 0.989. The number of thioether (sulfide) groups is 1. The van der Waals surface area contributed by atoms with Crippen LogP contribution in [0.4, 0.5) is 0 Å². The van der Waals surface area contributed by atoms with Crippen LogP contribution in [0.2, 0.25) is 0 Å². The summed E-state index contributed by atoms with van der Waals surface area (Å²) in [5, 5.41) is 3.75. The first kappa shape index (κ1) is 16.8. The molecule has 0 saturated heterocycles. The fourth-order valence-corrected chi connectivity index (χ4v) is 2.97. The van der Waals surface area contributed by atoms with E-state index in [-0.39, 0.29) is 5.91 Å². The Morgan fingerprint density at radius 3 is 2.82 bits per heavy atom. The molecule has 0 aliphatic heterocycles. The van der Waals surface area contributed by atoms with Gasteiger partial charge >= 0.3 is 0 Å². The van der Waals surface area contributed by atoms with E-state index in [9.17, 15) is 4.79 Å². The van der Waals surface area contributed by atoms with Gasteiger partial charge < -0.3 is 15.2 Å². The maximum absolute atomic E-state index is 11.8. The highest BCUT2D eigenvalue weighted by Gasteiger charge is 2.06. The Labute approximate surface area is 135 Å². The van der Waals surface area contributed by atoms with E-state index in [0.29, 0.717) is 5.75 Å². The number of nitrogens with one attached hydrogen (secondary N) is 2. The van der Waals surface area contributed by atoms with Crippen LogP contribution < -0.4 is 5.32 Å². The molecule has 22 heavy (non-hydrogen) atoms. The number of fused-ring (bicyclic) bond motifs is 1. The molecular weight excluding hydrogens is 296 g/mol. The summed E-state index contributed by atoms with van der Waals surface area (Å²) in [6, 6.07) is 7.88. The Bertz CT molecular complexity index is 562. The van der Waals surface area contributed by atoms with E-state index in [2.05, 4.69) is 34.0 Å². The molecule has 0 unspecified atom stereocenters. The monoisotopic (exact) mass is 320 g/mol. The summed E-state index contributed by atoms with van der Waals surface area (Å²) in [7, 11) is 0. The lowest BCUT2D eigenvalue weighted by Gasteiger charge is -2.17. The summed E-state index contributed by atoms with van der Waals surface area (Å²) in [5.74, 6) is 0.454. The number of para-hydroxylation sites is 2. The number of imidazole rings is 1. The van der Waals surface area contributed by atoms with Crippen molar-refractivity contribution in [2.45, 2.75) is 25.4 Å². The number of amides is 1. The SMILES string of the molecule is CCN(CC)CCCNC(=O)CSc1nc2ccccc2[nH]1. The fraction of sp³-hybridized carbons (Fsp3) is 0.500. The molecule has 0 aliphatic rings. The molecule has 2 N–H and O–H groups in total. The van der Waals surface area contributed by atoms with Crippen molar-refractivity contribution in [1.29, 1.82) is 0 Å². The minimum atomic E-state index is 0.0602. The summed E-state index contributed by atoms with van der Waals surface area (Å²) >= 11 is 1.44. The molecule has 0 fully saturated rings. The molecule has 1 aromatic heterocycles. The molecule has 0 aliphatic carbocycles. The van der Waals surface area contributed by atoms with E-state index in [1.54, 1.807) is 0 Å². The number of aromatic nitrogens is 2. The smallest absolute Gasteiger partial charge is 0.230 e.